The summed E-state index contributed by atoms with van der Waals surface area (Å²) in [6.07, 6.45) is 0.762. The zero-order chi connectivity index (χ0) is 14.4. The molecule has 2 N–H and O–H groups in total. The Morgan fingerprint density at radius 1 is 1.37 bits per heavy atom. The standard InChI is InChI=1S/C14H20BrNO2S/c1-13(2)8-12(14(3,4)18-13)19(17)11-7-9(15)5-6-10(11)16/h5-7,12H,8,16H2,1-4H3. The molecule has 0 bridgehead atoms. The van der Waals surface area contributed by atoms with E-state index in [4.69, 9.17) is 10.5 Å². The Kier molecular flexibility index (Phi) is 3.84. The van der Waals surface area contributed by atoms with Crippen LogP contribution in [0.3, 0.4) is 0 Å². The first-order valence-corrected chi connectivity index (χ1v) is 8.29. The van der Waals surface area contributed by atoms with Crippen LogP contribution in [0.5, 0.6) is 0 Å². The van der Waals surface area contributed by atoms with Gasteiger partial charge in [-0.3, -0.25) is 4.21 Å². The number of rotatable bonds is 2. The van der Waals surface area contributed by atoms with Crippen LogP contribution in [0.15, 0.2) is 27.6 Å². The Morgan fingerprint density at radius 3 is 2.53 bits per heavy atom. The first kappa shape index (κ1) is 15.0. The lowest BCUT2D eigenvalue weighted by molar-refractivity contribution is -0.0633. The van der Waals surface area contributed by atoms with Gasteiger partial charge in [-0.2, -0.15) is 0 Å². The topological polar surface area (TPSA) is 52.3 Å². The predicted octanol–water partition coefficient (Wildman–Crippen LogP) is 3.49. The molecule has 19 heavy (non-hydrogen) atoms. The molecular weight excluding hydrogens is 326 g/mol. The summed E-state index contributed by atoms with van der Waals surface area (Å²) in [5.74, 6) is 0. The van der Waals surface area contributed by atoms with E-state index < -0.39 is 16.4 Å². The summed E-state index contributed by atoms with van der Waals surface area (Å²) in [5.41, 5.74) is 5.87. The summed E-state index contributed by atoms with van der Waals surface area (Å²) in [6, 6.07) is 5.48. The number of nitrogen functional groups attached to an aromatic ring is 1. The molecule has 1 heterocycles. The third kappa shape index (κ3) is 3.03. The van der Waals surface area contributed by atoms with E-state index in [9.17, 15) is 4.21 Å². The van der Waals surface area contributed by atoms with Crippen LogP contribution in [0.2, 0.25) is 0 Å². The van der Waals surface area contributed by atoms with Gasteiger partial charge >= 0.3 is 0 Å². The normalized spacial score (nSPS) is 26.3. The van der Waals surface area contributed by atoms with Gasteiger partial charge < -0.3 is 10.5 Å². The number of anilines is 1. The van der Waals surface area contributed by atoms with Crippen LogP contribution in [0, 0.1) is 0 Å². The van der Waals surface area contributed by atoms with Crippen molar-refractivity contribution in [3.63, 3.8) is 0 Å². The third-order valence-corrected chi connectivity index (χ3v) is 5.97. The van der Waals surface area contributed by atoms with E-state index in [1.807, 2.05) is 39.8 Å². The SMILES string of the molecule is CC1(C)CC(S(=O)c2cc(Br)ccc2N)C(C)(C)O1. The van der Waals surface area contributed by atoms with Gasteiger partial charge in [0.25, 0.3) is 0 Å². The van der Waals surface area contributed by atoms with Gasteiger partial charge in [0.05, 0.1) is 32.1 Å². The quantitative estimate of drug-likeness (QED) is 0.834. The van der Waals surface area contributed by atoms with Crippen molar-refractivity contribution in [2.24, 2.45) is 0 Å². The van der Waals surface area contributed by atoms with Gasteiger partial charge in [0, 0.05) is 10.2 Å². The zero-order valence-corrected chi connectivity index (χ0v) is 14.1. The molecule has 0 amide bonds. The number of nitrogens with two attached hydrogens (primary N) is 1. The molecule has 2 rings (SSSR count). The summed E-state index contributed by atoms with van der Waals surface area (Å²) in [5, 5.41) is -0.0564. The van der Waals surface area contributed by atoms with Gasteiger partial charge in [0.15, 0.2) is 0 Å². The highest BCUT2D eigenvalue weighted by Crippen LogP contribution is 2.42. The average Bonchev–Trinajstić information content (AvgIpc) is 2.49. The minimum atomic E-state index is -1.18. The molecule has 0 radical (unpaired) electrons. The molecule has 1 aromatic rings. The molecule has 106 valence electrons. The second-order valence-electron chi connectivity index (χ2n) is 6.14. The van der Waals surface area contributed by atoms with Gasteiger partial charge in [-0.15, -0.1) is 0 Å². The second-order valence-corrected chi connectivity index (χ2v) is 8.66. The predicted molar refractivity (Wildman–Crippen MR) is 82.6 cm³/mol. The van der Waals surface area contributed by atoms with Crippen molar-refractivity contribution in [3.8, 4) is 0 Å². The van der Waals surface area contributed by atoms with E-state index in [-0.39, 0.29) is 10.9 Å². The number of hydrogen-bond donors (Lipinski definition) is 1. The Morgan fingerprint density at radius 2 is 2.00 bits per heavy atom. The van der Waals surface area contributed by atoms with Crippen LogP contribution < -0.4 is 5.73 Å². The minimum Gasteiger partial charge on any atom is -0.398 e. The van der Waals surface area contributed by atoms with E-state index >= 15 is 0 Å². The summed E-state index contributed by atoms with van der Waals surface area (Å²) in [6.45, 7) is 8.07. The smallest absolute Gasteiger partial charge is 0.0781 e. The van der Waals surface area contributed by atoms with Crippen molar-refractivity contribution >= 4 is 32.4 Å². The van der Waals surface area contributed by atoms with Gasteiger partial charge in [0.1, 0.15) is 0 Å². The van der Waals surface area contributed by atoms with Crippen LogP contribution >= 0.6 is 15.9 Å². The minimum absolute atomic E-state index is 0.0564. The molecule has 5 heteroatoms. The number of ether oxygens (including phenoxy) is 1. The maximum absolute atomic E-state index is 12.9. The molecule has 1 fully saturated rings. The molecule has 0 saturated carbocycles. The van der Waals surface area contributed by atoms with Gasteiger partial charge in [-0.25, -0.2) is 0 Å². The molecule has 1 aliphatic heterocycles. The van der Waals surface area contributed by atoms with Crippen LogP contribution in [0.1, 0.15) is 34.1 Å². The first-order valence-electron chi connectivity index (χ1n) is 6.28. The maximum Gasteiger partial charge on any atom is 0.0781 e. The van der Waals surface area contributed by atoms with Gasteiger partial charge in [-0.05, 0) is 52.3 Å². The van der Waals surface area contributed by atoms with E-state index in [1.54, 1.807) is 6.07 Å². The van der Waals surface area contributed by atoms with Crippen LogP contribution in [0.4, 0.5) is 5.69 Å². The number of hydrogen-bond acceptors (Lipinski definition) is 3. The van der Waals surface area contributed by atoms with E-state index in [0.29, 0.717) is 10.6 Å². The Labute approximate surface area is 125 Å². The van der Waals surface area contributed by atoms with Crippen molar-refractivity contribution in [1.29, 1.82) is 0 Å². The molecule has 0 aromatic heterocycles. The first-order chi connectivity index (χ1) is 8.62. The molecule has 1 aliphatic rings. The van der Waals surface area contributed by atoms with E-state index in [0.717, 1.165) is 10.9 Å². The lowest BCUT2D eigenvalue weighted by atomic mass is 10.0. The highest BCUT2D eigenvalue weighted by atomic mass is 79.9. The number of halogens is 1. The lowest BCUT2D eigenvalue weighted by Gasteiger charge is -2.27. The van der Waals surface area contributed by atoms with Crippen molar-refractivity contribution < 1.29 is 8.95 Å². The molecule has 1 aromatic carbocycles. The lowest BCUT2D eigenvalue weighted by Crippen LogP contribution is -2.36. The molecule has 2 atom stereocenters. The van der Waals surface area contributed by atoms with Crippen molar-refractivity contribution in [2.45, 2.75) is 55.5 Å². The largest absolute Gasteiger partial charge is 0.398 e. The Balaban J connectivity index is 2.37. The fourth-order valence-electron chi connectivity index (χ4n) is 2.68. The molecule has 1 saturated heterocycles. The highest BCUT2D eigenvalue weighted by molar-refractivity contribution is 9.10. The monoisotopic (exact) mass is 345 g/mol. The fraction of sp³-hybridized carbons (Fsp3) is 0.571. The second kappa shape index (κ2) is 4.86. The highest BCUT2D eigenvalue weighted by Gasteiger charge is 2.49. The Bertz CT molecular complexity index is 528. The molecule has 2 unspecified atom stereocenters. The van der Waals surface area contributed by atoms with E-state index in [1.165, 1.54) is 0 Å². The molecular formula is C14H20BrNO2S. The Hall–Kier alpha value is -0.390. The van der Waals surface area contributed by atoms with Crippen molar-refractivity contribution in [1.82, 2.24) is 0 Å². The van der Waals surface area contributed by atoms with Crippen molar-refractivity contribution in [2.75, 3.05) is 5.73 Å². The summed E-state index contributed by atoms with van der Waals surface area (Å²) in [4.78, 5) is 0.689. The molecule has 3 nitrogen and oxygen atoms in total. The van der Waals surface area contributed by atoms with Crippen LogP contribution in [-0.2, 0) is 15.5 Å². The summed E-state index contributed by atoms with van der Waals surface area (Å²) >= 11 is 3.40. The fourth-order valence-corrected chi connectivity index (χ4v) is 5.16. The van der Waals surface area contributed by atoms with Crippen molar-refractivity contribution in [3.05, 3.63) is 22.7 Å². The molecule has 0 spiro atoms. The van der Waals surface area contributed by atoms with Gasteiger partial charge in [-0.1, -0.05) is 15.9 Å². The third-order valence-electron chi connectivity index (χ3n) is 3.44. The molecule has 0 aliphatic carbocycles. The van der Waals surface area contributed by atoms with Crippen LogP contribution in [0.25, 0.3) is 0 Å². The summed E-state index contributed by atoms with van der Waals surface area (Å²) in [7, 11) is -1.18. The average molecular weight is 346 g/mol. The maximum atomic E-state index is 12.9. The van der Waals surface area contributed by atoms with Crippen LogP contribution in [-0.4, -0.2) is 20.7 Å². The van der Waals surface area contributed by atoms with Gasteiger partial charge in [0.2, 0.25) is 0 Å². The zero-order valence-electron chi connectivity index (χ0n) is 11.7. The van der Waals surface area contributed by atoms with E-state index in [2.05, 4.69) is 15.9 Å². The summed E-state index contributed by atoms with van der Waals surface area (Å²) < 4.78 is 19.8. The number of benzene rings is 1.